The van der Waals surface area contributed by atoms with Gasteiger partial charge in [-0.3, -0.25) is 4.79 Å². The summed E-state index contributed by atoms with van der Waals surface area (Å²) < 4.78 is 18.2. The van der Waals surface area contributed by atoms with Gasteiger partial charge in [-0.15, -0.1) is 0 Å². The third kappa shape index (κ3) is 3.60. The molecule has 0 aliphatic carbocycles. The molecule has 0 aromatic heterocycles. The van der Waals surface area contributed by atoms with E-state index in [1.165, 1.54) is 13.2 Å². The first-order valence-electron chi connectivity index (χ1n) is 6.49. The molecule has 2 rings (SSSR count). The first-order chi connectivity index (χ1) is 10.5. The molecule has 114 valence electrons. The number of phenols is 1. The molecule has 0 saturated heterocycles. The average Bonchev–Trinajstić information content (AvgIpc) is 2.54. The van der Waals surface area contributed by atoms with Gasteiger partial charge in [0.2, 0.25) is 0 Å². The van der Waals surface area contributed by atoms with Crippen LogP contribution >= 0.6 is 0 Å². The fraction of sp³-hybridized carbons (Fsp3) is 0.125. The number of aromatic hydroxyl groups is 1. The van der Waals surface area contributed by atoms with Gasteiger partial charge in [0, 0.05) is 11.1 Å². The number of benzene rings is 2. The largest absolute Gasteiger partial charge is 0.507 e. The van der Waals surface area contributed by atoms with Crippen molar-refractivity contribution < 1.29 is 19.0 Å². The van der Waals surface area contributed by atoms with E-state index in [2.05, 4.69) is 10.5 Å². The molecule has 0 aliphatic heterocycles. The zero-order valence-corrected chi connectivity index (χ0v) is 12.1. The van der Waals surface area contributed by atoms with Crippen LogP contribution in [0.3, 0.4) is 0 Å². The second kappa shape index (κ2) is 6.71. The maximum absolute atomic E-state index is 13.2. The molecule has 0 aliphatic rings. The lowest BCUT2D eigenvalue weighted by atomic mass is 10.1. The molecule has 1 amide bonds. The van der Waals surface area contributed by atoms with Gasteiger partial charge in [0.05, 0.1) is 12.8 Å². The van der Waals surface area contributed by atoms with Gasteiger partial charge >= 0.3 is 0 Å². The van der Waals surface area contributed by atoms with Crippen LogP contribution in [0.1, 0.15) is 22.8 Å². The van der Waals surface area contributed by atoms with E-state index in [0.717, 1.165) is 12.1 Å². The standard InChI is InChI=1S/C16H15FN2O3/c1-10(14-9-12(17)5-8-15(14)20)18-19-16(21)11-3-6-13(22-2)7-4-11/h3-9,20H,1-2H3,(H,19,21)/b18-10+. The number of ether oxygens (including phenoxy) is 1. The maximum atomic E-state index is 13.2. The van der Waals surface area contributed by atoms with Crippen molar-refractivity contribution in [1.82, 2.24) is 5.43 Å². The Morgan fingerprint density at radius 1 is 1.23 bits per heavy atom. The second-order valence-electron chi connectivity index (χ2n) is 4.53. The van der Waals surface area contributed by atoms with Crippen LogP contribution in [0.15, 0.2) is 47.6 Å². The van der Waals surface area contributed by atoms with Crippen LogP contribution in [-0.2, 0) is 0 Å². The van der Waals surface area contributed by atoms with Crippen LogP contribution in [0.4, 0.5) is 4.39 Å². The fourth-order valence-corrected chi connectivity index (χ4v) is 1.80. The number of carbonyl (C=O) groups is 1. The summed E-state index contributed by atoms with van der Waals surface area (Å²) in [6, 6.07) is 10.0. The van der Waals surface area contributed by atoms with Crippen molar-refractivity contribution in [2.75, 3.05) is 7.11 Å². The fourth-order valence-electron chi connectivity index (χ4n) is 1.80. The molecule has 2 N–H and O–H groups in total. The number of carbonyl (C=O) groups excluding carboxylic acids is 1. The minimum absolute atomic E-state index is 0.110. The molecule has 0 atom stereocenters. The molecule has 0 saturated carbocycles. The Morgan fingerprint density at radius 2 is 1.91 bits per heavy atom. The van der Waals surface area contributed by atoms with Crippen molar-refractivity contribution in [3.05, 3.63) is 59.4 Å². The third-order valence-electron chi connectivity index (χ3n) is 3.03. The van der Waals surface area contributed by atoms with Gasteiger partial charge in [-0.1, -0.05) is 0 Å². The van der Waals surface area contributed by atoms with E-state index in [-0.39, 0.29) is 11.3 Å². The number of halogens is 1. The highest BCUT2D eigenvalue weighted by Crippen LogP contribution is 2.18. The van der Waals surface area contributed by atoms with Crippen LogP contribution in [-0.4, -0.2) is 23.8 Å². The number of phenolic OH excluding ortho intramolecular Hbond substituents is 1. The summed E-state index contributed by atoms with van der Waals surface area (Å²) in [5.74, 6) is -0.385. The van der Waals surface area contributed by atoms with Crippen LogP contribution < -0.4 is 10.2 Å². The molecule has 2 aromatic carbocycles. The summed E-state index contributed by atoms with van der Waals surface area (Å²) in [6.07, 6.45) is 0. The minimum atomic E-state index is -0.496. The van der Waals surface area contributed by atoms with Gasteiger partial charge in [-0.25, -0.2) is 9.82 Å². The van der Waals surface area contributed by atoms with Gasteiger partial charge in [0.15, 0.2) is 0 Å². The zero-order valence-electron chi connectivity index (χ0n) is 12.1. The molecule has 5 nitrogen and oxygen atoms in total. The van der Waals surface area contributed by atoms with E-state index in [1.807, 2.05) is 0 Å². The number of hydrazone groups is 1. The smallest absolute Gasteiger partial charge is 0.271 e. The number of nitrogens with zero attached hydrogens (tertiary/aromatic N) is 1. The predicted molar refractivity (Wildman–Crippen MR) is 80.7 cm³/mol. The zero-order chi connectivity index (χ0) is 16.1. The normalized spacial score (nSPS) is 11.1. The Labute approximate surface area is 127 Å². The van der Waals surface area contributed by atoms with Crippen LogP contribution in [0.5, 0.6) is 11.5 Å². The van der Waals surface area contributed by atoms with E-state index in [9.17, 15) is 14.3 Å². The average molecular weight is 302 g/mol. The molecule has 0 radical (unpaired) electrons. The maximum Gasteiger partial charge on any atom is 0.271 e. The van der Waals surface area contributed by atoms with Gasteiger partial charge in [-0.2, -0.15) is 5.10 Å². The van der Waals surface area contributed by atoms with Crippen molar-refractivity contribution in [2.45, 2.75) is 6.92 Å². The first-order valence-corrected chi connectivity index (χ1v) is 6.49. The van der Waals surface area contributed by atoms with Gasteiger partial charge in [0.1, 0.15) is 17.3 Å². The summed E-state index contributed by atoms with van der Waals surface area (Å²) in [5.41, 5.74) is 3.27. The summed E-state index contributed by atoms with van der Waals surface area (Å²) >= 11 is 0. The minimum Gasteiger partial charge on any atom is -0.507 e. The van der Waals surface area contributed by atoms with Crippen LogP contribution in [0, 0.1) is 5.82 Å². The van der Waals surface area contributed by atoms with Gasteiger partial charge in [0.25, 0.3) is 5.91 Å². The van der Waals surface area contributed by atoms with Crippen LogP contribution in [0.25, 0.3) is 0 Å². The SMILES string of the molecule is COc1ccc(C(=O)N/N=C(\C)c2cc(F)ccc2O)cc1. The van der Waals surface area contributed by atoms with E-state index in [0.29, 0.717) is 17.0 Å². The summed E-state index contributed by atoms with van der Waals surface area (Å²) in [7, 11) is 1.54. The molecule has 0 spiro atoms. The molecule has 0 fully saturated rings. The molecule has 22 heavy (non-hydrogen) atoms. The van der Waals surface area contributed by atoms with E-state index < -0.39 is 11.7 Å². The third-order valence-corrected chi connectivity index (χ3v) is 3.03. The first kappa shape index (κ1) is 15.5. The second-order valence-corrected chi connectivity index (χ2v) is 4.53. The highest BCUT2D eigenvalue weighted by atomic mass is 19.1. The number of hydrogen-bond acceptors (Lipinski definition) is 4. The lowest BCUT2D eigenvalue weighted by Crippen LogP contribution is -2.19. The Kier molecular flexibility index (Phi) is 4.73. The Balaban J connectivity index is 2.12. The molecular formula is C16H15FN2O3. The number of methoxy groups -OCH3 is 1. The van der Waals surface area contributed by atoms with Crippen molar-refractivity contribution in [3.8, 4) is 11.5 Å². The Morgan fingerprint density at radius 3 is 2.55 bits per heavy atom. The van der Waals surface area contributed by atoms with Crippen LogP contribution in [0.2, 0.25) is 0 Å². The number of nitrogens with one attached hydrogen (secondary N) is 1. The van der Waals surface area contributed by atoms with Crippen molar-refractivity contribution in [2.24, 2.45) is 5.10 Å². The summed E-state index contributed by atoms with van der Waals surface area (Å²) in [6.45, 7) is 1.56. The molecule has 0 heterocycles. The molecule has 0 unspecified atom stereocenters. The van der Waals surface area contributed by atoms with Crippen molar-refractivity contribution >= 4 is 11.6 Å². The summed E-state index contributed by atoms with van der Waals surface area (Å²) in [5, 5.41) is 13.5. The van der Waals surface area contributed by atoms with E-state index in [1.54, 1.807) is 31.2 Å². The number of rotatable bonds is 4. The van der Waals surface area contributed by atoms with Crippen molar-refractivity contribution in [1.29, 1.82) is 0 Å². The topological polar surface area (TPSA) is 70.9 Å². The van der Waals surface area contributed by atoms with E-state index in [4.69, 9.17) is 4.74 Å². The van der Waals surface area contributed by atoms with Gasteiger partial charge < -0.3 is 9.84 Å². The van der Waals surface area contributed by atoms with Crippen molar-refractivity contribution in [3.63, 3.8) is 0 Å². The van der Waals surface area contributed by atoms with E-state index >= 15 is 0 Å². The highest BCUT2D eigenvalue weighted by molar-refractivity contribution is 6.02. The predicted octanol–water partition coefficient (Wildman–Crippen LogP) is 2.69. The Hall–Kier alpha value is -2.89. The lowest BCUT2D eigenvalue weighted by molar-refractivity contribution is 0.0955. The highest BCUT2D eigenvalue weighted by Gasteiger charge is 2.08. The molecule has 0 bridgehead atoms. The van der Waals surface area contributed by atoms with Gasteiger partial charge in [-0.05, 0) is 49.4 Å². The number of amides is 1. The molecule has 6 heteroatoms. The Bertz CT molecular complexity index is 712. The lowest BCUT2D eigenvalue weighted by Gasteiger charge is -2.06. The summed E-state index contributed by atoms with van der Waals surface area (Å²) in [4.78, 5) is 11.9. The molecule has 2 aromatic rings. The monoisotopic (exact) mass is 302 g/mol. The quantitative estimate of drug-likeness (QED) is 0.674. The molecular weight excluding hydrogens is 287 g/mol. The number of hydrogen-bond donors (Lipinski definition) is 2.